The SMILES string of the molecule is C=C[C@H]1CN(Cc2cnccn2)C(=O)C2CCCC1N2S(=O)(=O)c1cc(Cl)cc(Cl)c1. The molecular weight excluding hydrogens is 459 g/mol. The van der Waals surface area contributed by atoms with E-state index in [-0.39, 0.29) is 39.4 Å². The van der Waals surface area contributed by atoms with Gasteiger partial charge in [0.05, 0.1) is 23.3 Å². The molecule has 2 aliphatic rings. The Labute approximate surface area is 191 Å². The molecule has 2 aromatic rings. The minimum atomic E-state index is -4.02. The normalized spacial score (nSPS) is 24.6. The summed E-state index contributed by atoms with van der Waals surface area (Å²) in [6.45, 7) is 4.55. The van der Waals surface area contributed by atoms with Crippen molar-refractivity contribution in [1.82, 2.24) is 19.2 Å². The molecule has 2 saturated heterocycles. The first-order valence-electron chi connectivity index (χ1n) is 9.97. The van der Waals surface area contributed by atoms with Crippen LogP contribution in [0.4, 0.5) is 0 Å². The summed E-state index contributed by atoms with van der Waals surface area (Å²) < 4.78 is 28.8. The molecule has 7 nitrogen and oxygen atoms in total. The molecule has 2 bridgehead atoms. The van der Waals surface area contributed by atoms with Gasteiger partial charge >= 0.3 is 0 Å². The molecule has 31 heavy (non-hydrogen) atoms. The lowest BCUT2D eigenvalue weighted by Crippen LogP contribution is -2.54. The van der Waals surface area contributed by atoms with Crippen molar-refractivity contribution in [2.45, 2.75) is 42.8 Å². The molecule has 2 fully saturated rings. The van der Waals surface area contributed by atoms with Crippen LogP contribution in [-0.4, -0.2) is 52.1 Å². The average molecular weight is 481 g/mol. The van der Waals surface area contributed by atoms with Gasteiger partial charge in [0.1, 0.15) is 6.04 Å². The number of carbonyl (C=O) groups is 1. The number of piperidine rings is 1. The molecule has 3 heterocycles. The van der Waals surface area contributed by atoms with Gasteiger partial charge in [0.15, 0.2) is 0 Å². The predicted octanol–water partition coefficient (Wildman–Crippen LogP) is 3.54. The molecule has 0 spiro atoms. The van der Waals surface area contributed by atoms with Crippen LogP contribution in [0.25, 0.3) is 0 Å². The van der Waals surface area contributed by atoms with Gasteiger partial charge in [-0.15, -0.1) is 6.58 Å². The summed E-state index contributed by atoms with van der Waals surface area (Å²) in [7, 11) is -4.02. The summed E-state index contributed by atoms with van der Waals surface area (Å²) in [5.74, 6) is -0.466. The highest BCUT2D eigenvalue weighted by Gasteiger charge is 2.49. The summed E-state index contributed by atoms with van der Waals surface area (Å²) in [6, 6.07) is 3.03. The second-order valence-electron chi connectivity index (χ2n) is 7.77. The number of nitrogens with zero attached hydrogens (tertiary/aromatic N) is 4. The van der Waals surface area contributed by atoms with Gasteiger partial charge in [-0.3, -0.25) is 14.8 Å². The van der Waals surface area contributed by atoms with Gasteiger partial charge in [0.2, 0.25) is 15.9 Å². The Hall–Kier alpha value is -2.00. The van der Waals surface area contributed by atoms with Crippen LogP contribution in [0.2, 0.25) is 10.0 Å². The average Bonchev–Trinajstić information content (AvgIpc) is 2.81. The van der Waals surface area contributed by atoms with E-state index >= 15 is 0 Å². The molecule has 1 aromatic heterocycles. The number of carbonyl (C=O) groups excluding carboxylic acids is 1. The third-order valence-electron chi connectivity index (χ3n) is 5.82. The van der Waals surface area contributed by atoms with Crippen LogP contribution in [0.3, 0.4) is 0 Å². The molecule has 0 aliphatic carbocycles. The topological polar surface area (TPSA) is 83.5 Å². The third kappa shape index (κ3) is 4.35. The highest BCUT2D eigenvalue weighted by Crippen LogP contribution is 2.38. The molecule has 0 saturated carbocycles. The van der Waals surface area contributed by atoms with Crippen molar-refractivity contribution in [3.05, 3.63) is 65.2 Å². The van der Waals surface area contributed by atoms with Crippen molar-refractivity contribution < 1.29 is 13.2 Å². The van der Waals surface area contributed by atoms with Crippen molar-refractivity contribution in [3.63, 3.8) is 0 Å². The van der Waals surface area contributed by atoms with Crippen LogP contribution < -0.4 is 0 Å². The highest BCUT2D eigenvalue weighted by atomic mass is 35.5. The highest BCUT2D eigenvalue weighted by molar-refractivity contribution is 7.89. The number of sulfonamides is 1. The van der Waals surface area contributed by atoms with E-state index in [0.29, 0.717) is 25.1 Å². The molecule has 164 valence electrons. The maximum atomic E-state index is 13.7. The smallest absolute Gasteiger partial charge is 0.244 e. The lowest BCUT2D eigenvalue weighted by atomic mass is 9.90. The Morgan fingerprint density at radius 2 is 1.90 bits per heavy atom. The number of benzene rings is 1. The van der Waals surface area contributed by atoms with Crippen molar-refractivity contribution in [2.24, 2.45) is 5.92 Å². The van der Waals surface area contributed by atoms with E-state index in [0.717, 1.165) is 6.42 Å². The molecule has 0 radical (unpaired) electrons. The second kappa shape index (κ2) is 8.86. The van der Waals surface area contributed by atoms with E-state index in [1.54, 1.807) is 29.6 Å². The number of amides is 1. The fourth-order valence-corrected chi connectivity index (χ4v) is 7.04. The van der Waals surface area contributed by atoms with Crippen LogP contribution in [-0.2, 0) is 21.4 Å². The van der Waals surface area contributed by atoms with Gasteiger partial charge in [-0.25, -0.2) is 8.42 Å². The Morgan fingerprint density at radius 1 is 1.16 bits per heavy atom. The maximum Gasteiger partial charge on any atom is 0.244 e. The van der Waals surface area contributed by atoms with Crippen LogP contribution in [0.15, 0.2) is 54.3 Å². The zero-order valence-electron chi connectivity index (χ0n) is 16.7. The maximum absolute atomic E-state index is 13.7. The minimum absolute atomic E-state index is 0.0140. The molecule has 3 atom stereocenters. The summed E-state index contributed by atoms with van der Waals surface area (Å²) in [4.78, 5) is 23.5. The van der Waals surface area contributed by atoms with Crippen LogP contribution >= 0.6 is 23.2 Å². The van der Waals surface area contributed by atoms with Crippen LogP contribution in [0, 0.1) is 5.92 Å². The standard InChI is InChI=1S/C21H22Cl2N4O3S/c1-2-14-12-26(13-17-11-24-6-7-25-17)21(28)20-5-3-4-19(14)27(20)31(29,30)18-9-15(22)8-16(23)10-18/h2,6-11,14,19-20H,1,3-5,12-13H2/t14-,19?,20?/m0/s1. The summed E-state index contributed by atoms with van der Waals surface area (Å²) in [5, 5.41) is 0.448. The Kier molecular flexibility index (Phi) is 6.35. The van der Waals surface area contributed by atoms with Crippen LogP contribution in [0.1, 0.15) is 25.0 Å². The van der Waals surface area contributed by atoms with E-state index < -0.39 is 16.1 Å². The van der Waals surface area contributed by atoms with E-state index in [1.807, 2.05) is 0 Å². The van der Waals surface area contributed by atoms with Gasteiger partial charge in [-0.05, 0) is 37.5 Å². The Morgan fingerprint density at radius 3 is 2.55 bits per heavy atom. The van der Waals surface area contributed by atoms with Crippen molar-refractivity contribution >= 4 is 39.1 Å². The summed E-state index contributed by atoms with van der Waals surface area (Å²) in [6.07, 6.45) is 8.33. The second-order valence-corrected chi connectivity index (χ2v) is 10.5. The summed E-state index contributed by atoms with van der Waals surface area (Å²) in [5.41, 5.74) is 0.645. The van der Waals surface area contributed by atoms with Gasteiger partial charge in [-0.1, -0.05) is 29.3 Å². The first-order chi connectivity index (χ1) is 14.8. The van der Waals surface area contributed by atoms with Gasteiger partial charge in [-0.2, -0.15) is 4.31 Å². The molecule has 1 amide bonds. The first-order valence-corrected chi connectivity index (χ1v) is 12.2. The minimum Gasteiger partial charge on any atom is -0.335 e. The van der Waals surface area contributed by atoms with Crippen LogP contribution in [0.5, 0.6) is 0 Å². The first kappa shape index (κ1) is 22.2. The van der Waals surface area contributed by atoms with E-state index in [9.17, 15) is 13.2 Å². The lowest BCUT2D eigenvalue weighted by Gasteiger charge is -2.40. The number of hydrogen-bond donors (Lipinski definition) is 0. The number of fused-ring (bicyclic) bond motifs is 2. The number of rotatable bonds is 5. The molecule has 2 unspecified atom stereocenters. The molecule has 0 N–H and O–H groups in total. The molecule has 2 aliphatic heterocycles. The zero-order valence-corrected chi connectivity index (χ0v) is 19.0. The molecular formula is C21H22Cl2N4O3S. The fourth-order valence-electron chi connectivity index (χ4n) is 4.44. The molecule has 4 rings (SSSR count). The van der Waals surface area contributed by atoms with Crippen molar-refractivity contribution in [1.29, 1.82) is 0 Å². The Balaban J connectivity index is 1.76. The van der Waals surface area contributed by atoms with Gasteiger partial charge in [0, 0.05) is 40.9 Å². The van der Waals surface area contributed by atoms with E-state index in [2.05, 4.69) is 16.5 Å². The lowest BCUT2D eigenvalue weighted by molar-refractivity contribution is -0.135. The van der Waals surface area contributed by atoms with Gasteiger partial charge < -0.3 is 4.90 Å². The van der Waals surface area contributed by atoms with E-state index in [1.165, 1.54) is 22.5 Å². The predicted molar refractivity (Wildman–Crippen MR) is 118 cm³/mol. The quantitative estimate of drug-likeness (QED) is 0.611. The largest absolute Gasteiger partial charge is 0.335 e. The van der Waals surface area contributed by atoms with E-state index in [4.69, 9.17) is 23.2 Å². The monoisotopic (exact) mass is 480 g/mol. The number of hydrogen-bond acceptors (Lipinski definition) is 5. The molecule has 1 aromatic carbocycles. The Bertz CT molecular complexity index is 1080. The van der Waals surface area contributed by atoms with Crippen molar-refractivity contribution in [3.8, 4) is 0 Å². The van der Waals surface area contributed by atoms with Gasteiger partial charge in [0.25, 0.3) is 0 Å². The third-order valence-corrected chi connectivity index (χ3v) is 8.17. The summed E-state index contributed by atoms with van der Waals surface area (Å²) >= 11 is 12.1. The fraction of sp³-hybridized carbons (Fsp3) is 0.381. The molecule has 10 heteroatoms. The number of halogens is 2. The zero-order chi connectivity index (χ0) is 22.2. The number of aromatic nitrogens is 2. The van der Waals surface area contributed by atoms with Crippen molar-refractivity contribution in [2.75, 3.05) is 6.54 Å².